The number of rotatable bonds is 7. The van der Waals surface area contributed by atoms with Gasteiger partial charge in [0.1, 0.15) is 6.04 Å². The summed E-state index contributed by atoms with van der Waals surface area (Å²) >= 11 is 0. The van der Waals surface area contributed by atoms with Crippen LogP contribution in [0.5, 0.6) is 0 Å². The average molecular weight is 469 g/mol. The number of anilines is 2. The van der Waals surface area contributed by atoms with Crippen LogP contribution in [0.3, 0.4) is 0 Å². The first-order chi connectivity index (χ1) is 17.2. The summed E-state index contributed by atoms with van der Waals surface area (Å²) in [4.78, 5) is 33.1. The molecule has 0 aromatic heterocycles. The van der Waals surface area contributed by atoms with Crippen LogP contribution in [0.15, 0.2) is 84.9 Å². The van der Waals surface area contributed by atoms with Gasteiger partial charge in [-0.25, -0.2) is 0 Å². The average Bonchev–Trinajstić information content (AvgIpc) is 3.32. The van der Waals surface area contributed by atoms with Crippen molar-refractivity contribution in [2.24, 2.45) is 0 Å². The monoisotopic (exact) mass is 468 g/mol. The molecule has 1 fully saturated rings. The normalized spacial score (nSPS) is 17.8. The quantitative estimate of drug-likeness (QED) is 0.539. The number of nitrogens with one attached hydrogen (secondary N) is 1. The minimum Gasteiger partial charge on any atom is -0.369 e. The van der Waals surface area contributed by atoms with Crippen LogP contribution in [0.25, 0.3) is 0 Å². The second kappa shape index (κ2) is 10.7. The number of fused-ring (bicyclic) bond motifs is 1. The van der Waals surface area contributed by atoms with Gasteiger partial charge in [0.25, 0.3) is 5.91 Å². The molecule has 5 rings (SSSR count). The summed E-state index contributed by atoms with van der Waals surface area (Å²) in [6.45, 7) is 5.67. The van der Waals surface area contributed by atoms with Crippen molar-refractivity contribution >= 4 is 23.2 Å². The van der Waals surface area contributed by atoms with Crippen LogP contribution >= 0.6 is 0 Å². The number of hydrogen-bond acceptors (Lipinski definition) is 4. The largest absolute Gasteiger partial charge is 0.369 e. The van der Waals surface area contributed by atoms with Gasteiger partial charge in [-0.15, -0.1) is 0 Å². The van der Waals surface area contributed by atoms with Gasteiger partial charge >= 0.3 is 0 Å². The topological polar surface area (TPSA) is 55.9 Å². The molecule has 1 saturated heterocycles. The van der Waals surface area contributed by atoms with Gasteiger partial charge in [0.15, 0.2) is 0 Å². The van der Waals surface area contributed by atoms with E-state index in [2.05, 4.69) is 45.4 Å². The minimum atomic E-state index is -0.519. The molecule has 0 bridgehead atoms. The van der Waals surface area contributed by atoms with Crippen LogP contribution in [0.2, 0.25) is 0 Å². The summed E-state index contributed by atoms with van der Waals surface area (Å²) in [7, 11) is 0. The van der Waals surface area contributed by atoms with Gasteiger partial charge in [-0.3, -0.25) is 19.4 Å². The first-order valence-corrected chi connectivity index (χ1v) is 12.5. The second-order valence-corrected chi connectivity index (χ2v) is 9.20. The van der Waals surface area contributed by atoms with E-state index in [9.17, 15) is 9.59 Å². The Hall–Kier alpha value is -3.64. The summed E-state index contributed by atoms with van der Waals surface area (Å²) in [5.41, 5.74) is 3.74. The standard InChI is InChI=1S/C29H32N4O2/c34-28(30-16-9-17-31-18-20-32(21-19-31)25-13-5-2-6-14-25)27-22-24-12-7-8-15-26(24)33(27)29(35)23-10-3-1-4-11-23/h1-8,10-15,27H,9,16-22H2,(H,30,34)/t27-/m0/s1. The highest BCUT2D eigenvalue weighted by atomic mass is 16.2. The van der Waals surface area contributed by atoms with Crippen molar-refractivity contribution in [1.29, 1.82) is 0 Å². The van der Waals surface area contributed by atoms with Gasteiger partial charge in [-0.2, -0.15) is 0 Å². The van der Waals surface area contributed by atoms with E-state index in [-0.39, 0.29) is 11.8 Å². The zero-order chi connectivity index (χ0) is 24.0. The number of para-hydroxylation sites is 2. The van der Waals surface area contributed by atoms with Gasteiger partial charge in [0, 0.05) is 56.1 Å². The highest BCUT2D eigenvalue weighted by molar-refractivity contribution is 6.11. The summed E-state index contributed by atoms with van der Waals surface area (Å²) in [6.07, 6.45) is 1.44. The Morgan fingerprint density at radius 1 is 0.800 bits per heavy atom. The Morgan fingerprint density at radius 2 is 1.46 bits per heavy atom. The van der Waals surface area contributed by atoms with Crippen molar-refractivity contribution in [2.75, 3.05) is 49.1 Å². The molecule has 1 atom stereocenters. The minimum absolute atomic E-state index is 0.0839. The molecule has 3 aromatic carbocycles. The number of carbonyl (C=O) groups excluding carboxylic acids is 2. The lowest BCUT2D eigenvalue weighted by molar-refractivity contribution is -0.122. The molecule has 2 aliphatic rings. The zero-order valence-electron chi connectivity index (χ0n) is 20.0. The van der Waals surface area contributed by atoms with Crippen molar-refractivity contribution in [3.8, 4) is 0 Å². The highest BCUT2D eigenvalue weighted by Crippen LogP contribution is 2.33. The van der Waals surface area contributed by atoms with Crippen LogP contribution in [0.4, 0.5) is 11.4 Å². The van der Waals surface area contributed by atoms with E-state index in [0.717, 1.165) is 50.4 Å². The van der Waals surface area contributed by atoms with E-state index in [4.69, 9.17) is 0 Å². The smallest absolute Gasteiger partial charge is 0.259 e. The SMILES string of the molecule is O=C(NCCCN1CCN(c2ccccc2)CC1)[C@@H]1Cc2ccccc2N1C(=O)c1ccccc1. The van der Waals surface area contributed by atoms with E-state index in [1.54, 1.807) is 17.0 Å². The summed E-state index contributed by atoms with van der Waals surface area (Å²) in [5, 5.41) is 3.10. The number of carbonyl (C=O) groups is 2. The molecular formula is C29H32N4O2. The Morgan fingerprint density at radius 3 is 2.20 bits per heavy atom. The molecule has 0 saturated carbocycles. The molecular weight excluding hydrogens is 436 g/mol. The number of hydrogen-bond donors (Lipinski definition) is 1. The molecule has 0 radical (unpaired) electrons. The number of piperazine rings is 1. The van der Waals surface area contributed by atoms with E-state index in [1.165, 1.54) is 5.69 Å². The zero-order valence-corrected chi connectivity index (χ0v) is 20.0. The maximum atomic E-state index is 13.3. The highest BCUT2D eigenvalue weighted by Gasteiger charge is 2.38. The molecule has 0 unspecified atom stereocenters. The second-order valence-electron chi connectivity index (χ2n) is 9.20. The first kappa shape index (κ1) is 23.1. The van der Waals surface area contributed by atoms with Crippen molar-refractivity contribution in [3.63, 3.8) is 0 Å². The van der Waals surface area contributed by atoms with Crippen molar-refractivity contribution in [3.05, 3.63) is 96.1 Å². The Labute approximate surface area is 207 Å². The number of nitrogens with zero attached hydrogens (tertiary/aromatic N) is 3. The number of benzene rings is 3. The van der Waals surface area contributed by atoms with Gasteiger partial charge < -0.3 is 10.2 Å². The third-order valence-electron chi connectivity index (χ3n) is 6.96. The third-order valence-corrected chi connectivity index (χ3v) is 6.96. The predicted octanol–water partition coefficient (Wildman–Crippen LogP) is 3.59. The molecule has 35 heavy (non-hydrogen) atoms. The van der Waals surface area contributed by atoms with Crippen LogP contribution < -0.4 is 15.1 Å². The summed E-state index contributed by atoms with van der Waals surface area (Å²) < 4.78 is 0. The molecule has 6 nitrogen and oxygen atoms in total. The lowest BCUT2D eigenvalue weighted by Gasteiger charge is -2.36. The van der Waals surface area contributed by atoms with Crippen LogP contribution in [0.1, 0.15) is 22.3 Å². The van der Waals surface area contributed by atoms with Crippen LogP contribution in [0, 0.1) is 0 Å². The molecule has 2 aliphatic heterocycles. The maximum Gasteiger partial charge on any atom is 0.259 e. The molecule has 1 N–H and O–H groups in total. The van der Waals surface area contributed by atoms with Crippen molar-refractivity contribution in [1.82, 2.24) is 10.2 Å². The van der Waals surface area contributed by atoms with E-state index in [0.29, 0.717) is 18.5 Å². The summed E-state index contributed by atoms with van der Waals surface area (Å²) in [5.74, 6) is -0.216. The predicted molar refractivity (Wildman–Crippen MR) is 140 cm³/mol. The lowest BCUT2D eigenvalue weighted by atomic mass is 10.1. The Balaban J connectivity index is 1.13. The van der Waals surface area contributed by atoms with E-state index >= 15 is 0 Å². The maximum absolute atomic E-state index is 13.3. The van der Waals surface area contributed by atoms with Crippen LogP contribution in [-0.4, -0.2) is 62.0 Å². The Bertz CT molecular complexity index is 1140. The molecule has 2 amide bonds. The molecule has 0 aliphatic carbocycles. The van der Waals surface area contributed by atoms with E-state index in [1.807, 2.05) is 42.5 Å². The van der Waals surface area contributed by atoms with Gasteiger partial charge in [-0.05, 0) is 48.9 Å². The molecule has 3 aromatic rings. The molecule has 0 spiro atoms. The summed E-state index contributed by atoms with van der Waals surface area (Å²) in [6, 6.07) is 27.0. The van der Waals surface area contributed by atoms with Gasteiger partial charge in [0.05, 0.1) is 0 Å². The fraction of sp³-hybridized carbons (Fsp3) is 0.310. The molecule has 6 heteroatoms. The van der Waals surface area contributed by atoms with Crippen molar-refractivity contribution < 1.29 is 9.59 Å². The van der Waals surface area contributed by atoms with Gasteiger partial charge in [0.2, 0.25) is 5.91 Å². The number of amides is 2. The molecule has 180 valence electrons. The van der Waals surface area contributed by atoms with E-state index < -0.39 is 6.04 Å². The fourth-order valence-electron chi connectivity index (χ4n) is 5.07. The Kier molecular flexibility index (Phi) is 7.09. The van der Waals surface area contributed by atoms with Crippen LogP contribution in [-0.2, 0) is 11.2 Å². The molecule has 2 heterocycles. The van der Waals surface area contributed by atoms with Crippen molar-refractivity contribution in [2.45, 2.75) is 18.9 Å². The third kappa shape index (κ3) is 5.23. The lowest BCUT2D eigenvalue weighted by Crippen LogP contribution is -2.49. The first-order valence-electron chi connectivity index (χ1n) is 12.5. The van der Waals surface area contributed by atoms with Gasteiger partial charge in [-0.1, -0.05) is 54.6 Å². The fourth-order valence-corrected chi connectivity index (χ4v) is 5.07.